The Kier molecular flexibility index (Phi) is 8.42. The van der Waals surface area contributed by atoms with Gasteiger partial charge in [0.2, 0.25) is 0 Å². The molecule has 62 heavy (non-hydrogen) atoms. The van der Waals surface area contributed by atoms with E-state index in [-0.39, 0.29) is 0 Å². The van der Waals surface area contributed by atoms with E-state index in [0.29, 0.717) is 17.5 Å². The maximum absolute atomic E-state index is 6.89. The Bertz CT molecular complexity index is 3410. The van der Waals surface area contributed by atoms with Crippen LogP contribution in [0.1, 0.15) is 0 Å². The standard InChI is InChI=1S/C57H35N3O2/c1-4-18-36(19-5-1)39-28-14-32-45-47-34-16-30-43(53(47)61-51(39)45)41-24-10-12-26-49(41)56-58-55(38-22-8-3-9-23-38)59-57(60-56)50-27-13-11-25-42(50)44-31-17-35-48-46-33-15-29-40(52(46)62-54(44)48)37-20-6-2-7-21-37/h1-35H. The van der Waals surface area contributed by atoms with Crippen molar-refractivity contribution in [2.45, 2.75) is 0 Å². The first kappa shape index (κ1) is 35.5. The minimum absolute atomic E-state index is 0.562. The van der Waals surface area contributed by atoms with Gasteiger partial charge in [-0.25, -0.2) is 15.0 Å². The Labute approximate surface area is 357 Å². The van der Waals surface area contributed by atoms with E-state index < -0.39 is 0 Å². The van der Waals surface area contributed by atoms with Crippen molar-refractivity contribution in [2.75, 3.05) is 0 Å². The smallest absolute Gasteiger partial charge is 0.164 e. The molecule has 0 spiro atoms. The van der Waals surface area contributed by atoms with Gasteiger partial charge in [0.05, 0.1) is 0 Å². The zero-order valence-electron chi connectivity index (χ0n) is 33.4. The second-order valence-electron chi connectivity index (χ2n) is 15.4. The van der Waals surface area contributed by atoms with Gasteiger partial charge in [-0.05, 0) is 22.3 Å². The van der Waals surface area contributed by atoms with Crippen molar-refractivity contribution >= 4 is 43.9 Å². The quantitative estimate of drug-likeness (QED) is 0.161. The fourth-order valence-electron chi connectivity index (χ4n) is 8.91. The average Bonchev–Trinajstić information content (AvgIpc) is 3.94. The van der Waals surface area contributed by atoms with Crippen LogP contribution < -0.4 is 0 Å². The number of hydrogen-bond donors (Lipinski definition) is 0. The maximum Gasteiger partial charge on any atom is 0.164 e. The summed E-state index contributed by atoms with van der Waals surface area (Å²) in [5, 5.41) is 4.25. The lowest BCUT2D eigenvalue weighted by molar-refractivity contribution is 0.670. The van der Waals surface area contributed by atoms with Gasteiger partial charge in [0.25, 0.3) is 0 Å². The van der Waals surface area contributed by atoms with E-state index in [1.54, 1.807) is 0 Å². The number of rotatable bonds is 7. The van der Waals surface area contributed by atoms with Crippen molar-refractivity contribution in [1.82, 2.24) is 15.0 Å². The highest BCUT2D eigenvalue weighted by atomic mass is 16.3. The number of benzene rings is 9. The van der Waals surface area contributed by atoms with Gasteiger partial charge < -0.3 is 8.83 Å². The molecule has 12 aromatic rings. The zero-order valence-corrected chi connectivity index (χ0v) is 33.4. The van der Waals surface area contributed by atoms with Crippen LogP contribution in [0, 0.1) is 0 Å². The van der Waals surface area contributed by atoms with Gasteiger partial charge in [0.15, 0.2) is 17.5 Å². The van der Waals surface area contributed by atoms with Crippen molar-refractivity contribution in [2.24, 2.45) is 0 Å². The molecular weight excluding hydrogens is 759 g/mol. The molecule has 0 unspecified atom stereocenters. The predicted molar refractivity (Wildman–Crippen MR) is 252 cm³/mol. The lowest BCUT2D eigenvalue weighted by Gasteiger charge is -2.14. The number of para-hydroxylation sites is 4. The first-order valence-corrected chi connectivity index (χ1v) is 20.8. The summed E-state index contributed by atoms with van der Waals surface area (Å²) >= 11 is 0. The van der Waals surface area contributed by atoms with Crippen LogP contribution in [0.2, 0.25) is 0 Å². The molecule has 0 saturated carbocycles. The van der Waals surface area contributed by atoms with Gasteiger partial charge in [-0.15, -0.1) is 0 Å². The zero-order chi connectivity index (χ0) is 41.0. The third-order valence-electron chi connectivity index (χ3n) is 11.8. The average molecular weight is 794 g/mol. The number of nitrogens with zero attached hydrogens (tertiary/aromatic N) is 3. The Morgan fingerprint density at radius 1 is 0.210 bits per heavy atom. The van der Waals surface area contributed by atoms with E-state index >= 15 is 0 Å². The summed E-state index contributed by atoms with van der Waals surface area (Å²) in [6, 6.07) is 73.0. The molecule has 0 fully saturated rings. The second kappa shape index (κ2) is 14.7. The molecule has 0 N–H and O–H groups in total. The molecule has 0 radical (unpaired) electrons. The summed E-state index contributed by atoms with van der Waals surface area (Å²) in [6.07, 6.45) is 0. The molecule has 3 heterocycles. The molecule has 9 aromatic carbocycles. The number of aromatic nitrogens is 3. The fourth-order valence-corrected chi connectivity index (χ4v) is 8.91. The van der Waals surface area contributed by atoms with E-state index in [9.17, 15) is 0 Å². The van der Waals surface area contributed by atoms with Crippen LogP contribution in [0.25, 0.3) is 123 Å². The molecule has 0 bridgehead atoms. The van der Waals surface area contributed by atoms with Crippen molar-refractivity contribution in [3.8, 4) is 78.7 Å². The third-order valence-corrected chi connectivity index (χ3v) is 11.8. The topological polar surface area (TPSA) is 65.0 Å². The Balaban J connectivity index is 1.05. The molecule has 0 aliphatic rings. The largest absolute Gasteiger partial charge is 0.455 e. The van der Waals surface area contributed by atoms with Crippen LogP contribution in [0.5, 0.6) is 0 Å². The van der Waals surface area contributed by atoms with Crippen LogP contribution in [0.4, 0.5) is 0 Å². The highest BCUT2D eigenvalue weighted by molar-refractivity contribution is 6.15. The molecule has 0 saturated heterocycles. The van der Waals surface area contributed by atoms with Gasteiger partial charge in [0.1, 0.15) is 22.3 Å². The van der Waals surface area contributed by atoms with Gasteiger partial charge in [-0.3, -0.25) is 0 Å². The highest BCUT2D eigenvalue weighted by Crippen LogP contribution is 2.44. The Hall–Kier alpha value is -8.41. The van der Waals surface area contributed by atoms with Gasteiger partial charge in [-0.1, -0.05) is 212 Å². The molecule has 5 heteroatoms. The summed E-state index contributed by atoms with van der Waals surface area (Å²) in [7, 11) is 0. The van der Waals surface area contributed by atoms with Crippen molar-refractivity contribution in [3.05, 3.63) is 212 Å². The molecule has 12 rings (SSSR count). The van der Waals surface area contributed by atoms with Crippen LogP contribution >= 0.6 is 0 Å². The highest BCUT2D eigenvalue weighted by Gasteiger charge is 2.23. The van der Waals surface area contributed by atoms with Crippen LogP contribution in [0.3, 0.4) is 0 Å². The van der Waals surface area contributed by atoms with E-state index in [1.807, 2.05) is 54.6 Å². The van der Waals surface area contributed by atoms with E-state index in [4.69, 9.17) is 23.8 Å². The summed E-state index contributed by atoms with van der Waals surface area (Å²) in [5.74, 6) is 1.71. The minimum atomic E-state index is 0.562. The summed E-state index contributed by atoms with van der Waals surface area (Å²) in [6.45, 7) is 0. The third kappa shape index (κ3) is 5.90. The Morgan fingerprint density at radius 3 is 0.903 bits per heavy atom. The first-order chi connectivity index (χ1) is 30.8. The number of hydrogen-bond acceptors (Lipinski definition) is 5. The van der Waals surface area contributed by atoms with Crippen molar-refractivity contribution in [3.63, 3.8) is 0 Å². The molecule has 290 valence electrons. The van der Waals surface area contributed by atoms with Gasteiger partial charge >= 0.3 is 0 Å². The molecule has 0 aliphatic carbocycles. The van der Waals surface area contributed by atoms with Gasteiger partial charge in [0, 0.05) is 60.5 Å². The molecular formula is C57H35N3O2. The molecule has 3 aromatic heterocycles. The first-order valence-electron chi connectivity index (χ1n) is 20.8. The summed E-state index contributed by atoms with van der Waals surface area (Å²) in [5.41, 5.74) is 14.2. The van der Waals surface area contributed by atoms with Crippen LogP contribution in [0.15, 0.2) is 221 Å². The van der Waals surface area contributed by atoms with Crippen molar-refractivity contribution < 1.29 is 8.83 Å². The molecule has 0 amide bonds. The lowest BCUT2D eigenvalue weighted by Crippen LogP contribution is -2.02. The van der Waals surface area contributed by atoms with E-state index in [1.165, 1.54) is 0 Å². The maximum atomic E-state index is 6.89. The molecule has 5 nitrogen and oxygen atoms in total. The van der Waals surface area contributed by atoms with Crippen molar-refractivity contribution in [1.29, 1.82) is 0 Å². The lowest BCUT2D eigenvalue weighted by atomic mass is 9.96. The summed E-state index contributed by atoms with van der Waals surface area (Å²) in [4.78, 5) is 15.8. The molecule has 0 aliphatic heterocycles. The predicted octanol–water partition coefficient (Wildman–Crippen LogP) is 15.3. The van der Waals surface area contributed by atoms with Crippen LogP contribution in [-0.4, -0.2) is 15.0 Å². The van der Waals surface area contributed by atoms with E-state index in [2.05, 4.69) is 158 Å². The molecule has 0 atom stereocenters. The minimum Gasteiger partial charge on any atom is -0.455 e. The van der Waals surface area contributed by atoms with Gasteiger partial charge in [-0.2, -0.15) is 0 Å². The Morgan fingerprint density at radius 2 is 0.500 bits per heavy atom. The van der Waals surface area contributed by atoms with E-state index in [0.717, 1.165) is 105 Å². The number of furan rings is 2. The summed E-state index contributed by atoms with van der Waals surface area (Å²) < 4.78 is 13.8. The van der Waals surface area contributed by atoms with Crippen LogP contribution in [-0.2, 0) is 0 Å². The normalized spacial score (nSPS) is 11.5. The monoisotopic (exact) mass is 793 g/mol. The SMILES string of the molecule is c1ccc(-c2nc(-c3ccccc3-c3cccc4c3oc3c(-c5ccccc5)cccc34)nc(-c3ccccc3-c3cccc4c3oc3c(-c5ccccc5)cccc34)n2)cc1. The fraction of sp³-hybridized carbons (Fsp3) is 0. The number of fused-ring (bicyclic) bond motifs is 6. The second-order valence-corrected chi connectivity index (χ2v) is 15.4.